The van der Waals surface area contributed by atoms with Gasteiger partial charge >= 0.3 is 6.01 Å². The van der Waals surface area contributed by atoms with Crippen LogP contribution in [0, 0.1) is 0 Å². The van der Waals surface area contributed by atoms with Crippen molar-refractivity contribution in [2.24, 2.45) is 0 Å². The number of hydrogen-bond acceptors (Lipinski definition) is 7. The van der Waals surface area contributed by atoms with Crippen LogP contribution in [0.2, 0.25) is 0 Å². The number of thiazole rings is 1. The van der Waals surface area contributed by atoms with Crippen LogP contribution >= 0.6 is 23.7 Å². The first-order chi connectivity index (χ1) is 9.76. The lowest BCUT2D eigenvalue weighted by Gasteiger charge is -2.11. The van der Waals surface area contributed by atoms with Crippen molar-refractivity contribution in [1.82, 2.24) is 20.5 Å². The highest BCUT2D eigenvalue weighted by molar-refractivity contribution is 7.11. The number of nitrogens with one attached hydrogen (secondary N) is 1. The summed E-state index contributed by atoms with van der Waals surface area (Å²) in [7, 11) is 3.81. The lowest BCUT2D eigenvalue weighted by Crippen LogP contribution is -2.16. The Morgan fingerprint density at radius 1 is 1.29 bits per heavy atom. The van der Waals surface area contributed by atoms with Crippen molar-refractivity contribution in [1.29, 1.82) is 0 Å². The number of fused-ring (bicyclic) bond motifs is 1. The summed E-state index contributed by atoms with van der Waals surface area (Å²) >= 11 is 1.82. The van der Waals surface area contributed by atoms with Crippen molar-refractivity contribution < 1.29 is 4.42 Å². The molecule has 21 heavy (non-hydrogen) atoms. The summed E-state index contributed by atoms with van der Waals surface area (Å²) < 4.78 is 5.58. The second kappa shape index (κ2) is 7.20. The molecule has 116 valence electrons. The Labute approximate surface area is 134 Å². The van der Waals surface area contributed by atoms with E-state index in [2.05, 4.69) is 15.5 Å². The molecule has 0 aliphatic heterocycles. The number of aromatic nitrogens is 3. The number of anilines is 1. The van der Waals surface area contributed by atoms with E-state index in [0.717, 1.165) is 18.0 Å². The van der Waals surface area contributed by atoms with Crippen LogP contribution in [0.25, 0.3) is 0 Å². The molecule has 0 saturated heterocycles. The highest BCUT2D eigenvalue weighted by Gasteiger charge is 2.17. The van der Waals surface area contributed by atoms with Gasteiger partial charge in [0.25, 0.3) is 0 Å². The molecule has 8 heteroatoms. The Morgan fingerprint density at radius 2 is 2.10 bits per heavy atom. The van der Waals surface area contributed by atoms with E-state index in [9.17, 15) is 0 Å². The minimum absolute atomic E-state index is 0. The third kappa shape index (κ3) is 3.72. The molecule has 0 radical (unpaired) electrons. The van der Waals surface area contributed by atoms with Gasteiger partial charge in [0.15, 0.2) is 0 Å². The Balaban J connectivity index is 0.00000161. The lowest BCUT2D eigenvalue weighted by molar-refractivity contribution is 0.475. The van der Waals surface area contributed by atoms with Gasteiger partial charge in [-0.25, -0.2) is 4.98 Å². The van der Waals surface area contributed by atoms with E-state index < -0.39 is 0 Å². The Morgan fingerprint density at radius 3 is 2.86 bits per heavy atom. The second-order valence-corrected chi connectivity index (χ2v) is 6.22. The van der Waals surface area contributed by atoms with E-state index in [1.54, 1.807) is 0 Å². The molecule has 0 aromatic carbocycles. The molecule has 1 aliphatic rings. The van der Waals surface area contributed by atoms with Crippen LogP contribution in [0.5, 0.6) is 0 Å². The van der Waals surface area contributed by atoms with Crippen molar-refractivity contribution in [3.8, 4) is 0 Å². The molecule has 3 rings (SSSR count). The molecule has 0 bridgehead atoms. The van der Waals surface area contributed by atoms with Gasteiger partial charge in [-0.2, -0.15) is 0 Å². The van der Waals surface area contributed by atoms with Crippen molar-refractivity contribution in [3.63, 3.8) is 0 Å². The molecule has 1 aliphatic carbocycles. The average molecular weight is 330 g/mol. The minimum Gasteiger partial charge on any atom is -0.407 e. The molecular formula is C13H20ClN5OS. The topological polar surface area (TPSA) is 67.1 Å². The SMILES string of the molecule is CNCc1nnc(N(C)Cc2nc3c(s2)CCCC3)o1.Cl. The van der Waals surface area contributed by atoms with Gasteiger partial charge in [-0.05, 0) is 32.7 Å². The van der Waals surface area contributed by atoms with Gasteiger partial charge < -0.3 is 14.6 Å². The Kier molecular flexibility index (Phi) is 5.55. The van der Waals surface area contributed by atoms with Gasteiger partial charge in [-0.15, -0.1) is 28.8 Å². The fourth-order valence-electron chi connectivity index (χ4n) is 2.37. The van der Waals surface area contributed by atoms with Crippen LogP contribution in [-0.2, 0) is 25.9 Å². The van der Waals surface area contributed by atoms with Gasteiger partial charge in [0.1, 0.15) is 5.01 Å². The zero-order valence-electron chi connectivity index (χ0n) is 12.3. The third-order valence-corrected chi connectivity index (χ3v) is 4.52. The van der Waals surface area contributed by atoms with Crippen LogP contribution in [0.4, 0.5) is 6.01 Å². The van der Waals surface area contributed by atoms with E-state index in [-0.39, 0.29) is 12.4 Å². The van der Waals surface area contributed by atoms with Gasteiger partial charge in [0.05, 0.1) is 18.8 Å². The van der Waals surface area contributed by atoms with Gasteiger partial charge in [0, 0.05) is 11.9 Å². The Hall–Kier alpha value is -1.18. The molecule has 0 unspecified atom stereocenters. The molecule has 0 amide bonds. The number of rotatable bonds is 5. The molecule has 1 N–H and O–H groups in total. The van der Waals surface area contributed by atoms with Gasteiger partial charge in [0.2, 0.25) is 5.89 Å². The summed E-state index contributed by atoms with van der Waals surface area (Å²) in [5.41, 5.74) is 1.30. The van der Waals surface area contributed by atoms with Crippen molar-refractivity contribution in [3.05, 3.63) is 21.5 Å². The standard InChI is InChI=1S/C13H19N5OS.ClH/c1-14-7-11-16-17-13(19-11)18(2)8-12-15-9-5-3-4-6-10(9)20-12;/h14H,3-8H2,1-2H3;1H. The predicted octanol–water partition coefficient (Wildman–Crippen LogP) is 2.18. The summed E-state index contributed by atoms with van der Waals surface area (Å²) in [6, 6.07) is 0.545. The largest absolute Gasteiger partial charge is 0.407 e. The van der Waals surface area contributed by atoms with Crippen LogP contribution in [-0.4, -0.2) is 29.3 Å². The zero-order valence-corrected chi connectivity index (χ0v) is 13.9. The highest BCUT2D eigenvalue weighted by atomic mass is 35.5. The van der Waals surface area contributed by atoms with E-state index >= 15 is 0 Å². The molecule has 2 aromatic heterocycles. The first kappa shape index (κ1) is 16.2. The maximum atomic E-state index is 5.58. The molecule has 2 heterocycles. The first-order valence-corrected chi connectivity index (χ1v) is 7.73. The molecule has 0 fully saturated rings. The van der Waals surface area contributed by atoms with E-state index in [0.29, 0.717) is 18.5 Å². The number of hydrogen-bond donors (Lipinski definition) is 1. The maximum Gasteiger partial charge on any atom is 0.318 e. The number of aryl methyl sites for hydroxylation is 2. The van der Waals surface area contributed by atoms with Crippen LogP contribution in [0.1, 0.15) is 34.3 Å². The third-order valence-electron chi connectivity index (χ3n) is 3.37. The second-order valence-electron chi connectivity index (χ2n) is 5.05. The van der Waals surface area contributed by atoms with Crippen LogP contribution in [0.3, 0.4) is 0 Å². The molecule has 6 nitrogen and oxygen atoms in total. The van der Waals surface area contributed by atoms with Crippen LogP contribution < -0.4 is 10.2 Å². The van der Waals surface area contributed by atoms with E-state index in [1.807, 2.05) is 30.3 Å². The molecule has 0 atom stereocenters. The minimum atomic E-state index is 0. The normalized spacial score (nSPS) is 13.6. The van der Waals surface area contributed by atoms with E-state index in [4.69, 9.17) is 9.40 Å². The summed E-state index contributed by atoms with van der Waals surface area (Å²) in [5.74, 6) is 0.604. The Bertz CT molecular complexity index is 561. The maximum absolute atomic E-state index is 5.58. The van der Waals surface area contributed by atoms with Crippen LogP contribution in [0.15, 0.2) is 4.42 Å². The monoisotopic (exact) mass is 329 g/mol. The highest BCUT2D eigenvalue weighted by Crippen LogP contribution is 2.27. The predicted molar refractivity (Wildman–Crippen MR) is 85.2 cm³/mol. The zero-order chi connectivity index (χ0) is 13.9. The van der Waals surface area contributed by atoms with Crippen molar-refractivity contribution >= 4 is 29.8 Å². The fraction of sp³-hybridized carbons (Fsp3) is 0.615. The number of nitrogens with zero attached hydrogens (tertiary/aromatic N) is 4. The first-order valence-electron chi connectivity index (χ1n) is 6.92. The van der Waals surface area contributed by atoms with Crippen molar-refractivity contribution in [2.45, 2.75) is 38.8 Å². The van der Waals surface area contributed by atoms with Crippen molar-refractivity contribution in [2.75, 3.05) is 19.0 Å². The summed E-state index contributed by atoms with van der Waals surface area (Å²) in [4.78, 5) is 8.15. The van der Waals surface area contributed by atoms with Gasteiger partial charge in [-0.3, -0.25) is 0 Å². The summed E-state index contributed by atoms with van der Waals surface area (Å²) in [5, 5.41) is 12.2. The molecule has 0 spiro atoms. The fourth-order valence-corrected chi connectivity index (χ4v) is 3.58. The lowest BCUT2D eigenvalue weighted by atomic mass is 10.0. The van der Waals surface area contributed by atoms with Gasteiger partial charge in [-0.1, -0.05) is 5.10 Å². The molecule has 0 saturated carbocycles. The smallest absolute Gasteiger partial charge is 0.318 e. The van der Waals surface area contributed by atoms with E-state index in [1.165, 1.54) is 29.8 Å². The summed E-state index contributed by atoms with van der Waals surface area (Å²) in [6.45, 7) is 1.31. The quantitative estimate of drug-likeness (QED) is 0.907. The summed E-state index contributed by atoms with van der Waals surface area (Å²) in [6.07, 6.45) is 4.87. The molecular weight excluding hydrogens is 310 g/mol. The average Bonchev–Trinajstić information content (AvgIpc) is 3.04. The molecule has 2 aromatic rings. The number of halogens is 1.